The summed E-state index contributed by atoms with van der Waals surface area (Å²) in [5, 5.41) is 16.8. The highest BCUT2D eigenvalue weighted by molar-refractivity contribution is 4.92. The Kier molecular flexibility index (Phi) is 18.2. The maximum atomic E-state index is 6.57. The second-order valence-electron chi connectivity index (χ2n) is 12.6. The van der Waals surface area contributed by atoms with Crippen LogP contribution in [-0.4, -0.2) is 103 Å². The van der Waals surface area contributed by atoms with Crippen LogP contribution in [0, 0.1) is 16.7 Å². The first-order valence-corrected chi connectivity index (χ1v) is 16.4. The molecule has 44 heavy (non-hydrogen) atoms. The summed E-state index contributed by atoms with van der Waals surface area (Å²) in [5.41, 5.74) is 1.40. The number of methoxy groups -OCH3 is 1. The third kappa shape index (κ3) is 14.4. The highest BCUT2D eigenvalue weighted by Crippen LogP contribution is 2.33. The normalized spacial score (nSPS) is 14.9. The van der Waals surface area contributed by atoms with E-state index in [0.29, 0.717) is 78.5 Å². The second kappa shape index (κ2) is 21.0. The highest BCUT2D eigenvalue weighted by Gasteiger charge is 2.34. The van der Waals surface area contributed by atoms with Gasteiger partial charge in [-0.25, -0.2) is 4.68 Å². The van der Waals surface area contributed by atoms with Gasteiger partial charge in [0.05, 0.1) is 90.6 Å². The van der Waals surface area contributed by atoms with Crippen molar-refractivity contribution in [2.24, 2.45) is 16.7 Å². The molecule has 2 atom stereocenters. The molecule has 0 saturated carbocycles. The van der Waals surface area contributed by atoms with Gasteiger partial charge in [0, 0.05) is 37.1 Å². The van der Waals surface area contributed by atoms with Crippen LogP contribution in [-0.2, 0) is 54.5 Å². The molecule has 0 aliphatic carbocycles. The number of aryl methyl sites for hydroxylation is 1. The molecule has 2 aromatic heterocycles. The summed E-state index contributed by atoms with van der Waals surface area (Å²) in [7, 11) is 1.66. The predicted molar refractivity (Wildman–Crippen MR) is 169 cm³/mol. The Morgan fingerprint density at radius 2 is 1.36 bits per heavy atom. The van der Waals surface area contributed by atoms with Gasteiger partial charge < -0.3 is 28.4 Å². The minimum Gasteiger partial charge on any atom is -0.382 e. The zero-order valence-corrected chi connectivity index (χ0v) is 28.8. The van der Waals surface area contributed by atoms with Crippen LogP contribution in [0.2, 0.25) is 0 Å². The molecule has 12 heteroatoms. The molecule has 0 amide bonds. The zero-order valence-electron chi connectivity index (χ0n) is 28.8. The molecule has 0 aromatic carbocycles. The van der Waals surface area contributed by atoms with Crippen LogP contribution in [0.5, 0.6) is 0 Å². The van der Waals surface area contributed by atoms with E-state index in [0.717, 1.165) is 43.6 Å². The fourth-order valence-electron chi connectivity index (χ4n) is 4.99. The number of aromatic nitrogens is 6. The quantitative estimate of drug-likeness (QED) is 0.131. The van der Waals surface area contributed by atoms with E-state index in [1.54, 1.807) is 11.8 Å². The van der Waals surface area contributed by atoms with Gasteiger partial charge in [-0.15, -0.1) is 10.2 Å². The second-order valence-corrected chi connectivity index (χ2v) is 12.6. The highest BCUT2D eigenvalue weighted by atomic mass is 16.5. The molecule has 2 aromatic rings. The third-order valence-electron chi connectivity index (χ3n) is 7.84. The summed E-state index contributed by atoms with van der Waals surface area (Å²) in [6.45, 7) is 22.1. The lowest BCUT2D eigenvalue weighted by Crippen LogP contribution is -2.40. The molecule has 0 radical (unpaired) electrons. The lowest BCUT2D eigenvalue weighted by Gasteiger charge is -2.37. The topological polar surface area (TPSA) is 117 Å². The van der Waals surface area contributed by atoms with E-state index in [9.17, 15) is 0 Å². The Balaban J connectivity index is 1.93. The van der Waals surface area contributed by atoms with Crippen molar-refractivity contribution in [3.8, 4) is 0 Å². The van der Waals surface area contributed by atoms with Gasteiger partial charge in [0.1, 0.15) is 5.69 Å². The van der Waals surface area contributed by atoms with E-state index in [4.69, 9.17) is 28.4 Å². The minimum absolute atomic E-state index is 0.0692. The van der Waals surface area contributed by atoms with Gasteiger partial charge in [-0.05, 0) is 46.0 Å². The van der Waals surface area contributed by atoms with E-state index in [1.807, 2.05) is 17.1 Å². The lowest BCUT2D eigenvalue weighted by molar-refractivity contribution is -0.108. The van der Waals surface area contributed by atoms with Crippen molar-refractivity contribution >= 4 is 0 Å². The van der Waals surface area contributed by atoms with Crippen molar-refractivity contribution in [3.63, 3.8) is 0 Å². The van der Waals surface area contributed by atoms with Gasteiger partial charge in [0.25, 0.3) is 0 Å². The minimum atomic E-state index is -0.279. The summed E-state index contributed by atoms with van der Waals surface area (Å²) in [6.07, 6.45) is 7.63. The molecule has 2 unspecified atom stereocenters. The van der Waals surface area contributed by atoms with Gasteiger partial charge in [0.15, 0.2) is 0 Å². The maximum absolute atomic E-state index is 6.57. The molecule has 0 N–H and O–H groups in total. The van der Waals surface area contributed by atoms with Gasteiger partial charge in [-0.1, -0.05) is 38.1 Å². The number of ether oxygens (including phenoxy) is 6. The van der Waals surface area contributed by atoms with Gasteiger partial charge in [-0.3, -0.25) is 4.68 Å². The van der Waals surface area contributed by atoms with Crippen molar-refractivity contribution in [2.75, 3.05) is 66.6 Å². The smallest absolute Gasteiger partial charge is 0.108 e. The standard InChI is InChI=1S/C32H60N6O6/c1-9-31(18-27(4)5,22-41-14-12-29-19-37(11-3)35-33-29)23-43-25-32(10-2,26-44-28(6)7)24-42-21-30-20-38(36-34-30)13-15-40-17-16-39-8/h19-20,27-28H,9-18,21-26H2,1-8H3. The Bertz CT molecular complexity index is 1000. The molecular weight excluding hydrogens is 564 g/mol. The van der Waals surface area contributed by atoms with Crippen LogP contribution < -0.4 is 0 Å². The first-order valence-electron chi connectivity index (χ1n) is 16.4. The third-order valence-corrected chi connectivity index (χ3v) is 7.84. The lowest BCUT2D eigenvalue weighted by atomic mass is 9.79. The molecule has 0 aliphatic rings. The van der Waals surface area contributed by atoms with Crippen molar-refractivity contribution < 1.29 is 28.4 Å². The monoisotopic (exact) mass is 624 g/mol. The first-order chi connectivity index (χ1) is 21.2. The predicted octanol–water partition coefficient (Wildman–Crippen LogP) is 4.61. The zero-order chi connectivity index (χ0) is 32.3. The molecule has 0 spiro atoms. The Hall–Kier alpha value is -1.96. The number of hydrogen-bond donors (Lipinski definition) is 0. The summed E-state index contributed by atoms with van der Waals surface area (Å²) in [4.78, 5) is 0. The number of hydrogen-bond acceptors (Lipinski definition) is 10. The molecule has 12 nitrogen and oxygen atoms in total. The molecule has 2 rings (SSSR count). The van der Waals surface area contributed by atoms with Crippen LogP contribution in [0.3, 0.4) is 0 Å². The van der Waals surface area contributed by atoms with E-state index >= 15 is 0 Å². The SMILES string of the molecule is CCn1cc(CCOCC(CC)(COCC(CC)(COCc2cn(CCOCCOC)nn2)COC(C)C)CC(C)C)nn1. The summed E-state index contributed by atoms with van der Waals surface area (Å²) < 4.78 is 39.3. The maximum Gasteiger partial charge on any atom is 0.108 e. The summed E-state index contributed by atoms with van der Waals surface area (Å²) >= 11 is 0. The van der Waals surface area contributed by atoms with Gasteiger partial charge in [0.2, 0.25) is 0 Å². The van der Waals surface area contributed by atoms with Crippen molar-refractivity contribution in [1.29, 1.82) is 0 Å². The van der Waals surface area contributed by atoms with Gasteiger partial charge >= 0.3 is 0 Å². The summed E-state index contributed by atoms with van der Waals surface area (Å²) in [5.74, 6) is 0.528. The molecule has 254 valence electrons. The molecule has 0 bridgehead atoms. The van der Waals surface area contributed by atoms with E-state index in [-0.39, 0.29) is 16.9 Å². The number of nitrogens with zero attached hydrogens (tertiary/aromatic N) is 6. The largest absolute Gasteiger partial charge is 0.382 e. The Morgan fingerprint density at radius 3 is 2.02 bits per heavy atom. The van der Waals surface area contributed by atoms with E-state index < -0.39 is 0 Å². The molecular formula is C32H60N6O6. The Labute approximate surface area is 265 Å². The first kappa shape index (κ1) is 38.2. The molecule has 0 saturated heterocycles. The molecule has 0 fully saturated rings. The average molecular weight is 625 g/mol. The van der Waals surface area contributed by atoms with E-state index in [1.165, 1.54) is 0 Å². The number of rotatable bonds is 27. The molecule has 0 aliphatic heterocycles. The van der Waals surface area contributed by atoms with Gasteiger partial charge in [-0.2, -0.15) is 0 Å². The van der Waals surface area contributed by atoms with Crippen LogP contribution in [0.25, 0.3) is 0 Å². The molecule has 2 heterocycles. The van der Waals surface area contributed by atoms with Crippen LogP contribution >= 0.6 is 0 Å². The fourth-order valence-corrected chi connectivity index (χ4v) is 4.99. The average Bonchev–Trinajstić information content (AvgIpc) is 3.66. The van der Waals surface area contributed by atoms with Crippen molar-refractivity contribution in [1.82, 2.24) is 30.0 Å². The van der Waals surface area contributed by atoms with Crippen LogP contribution in [0.1, 0.15) is 79.1 Å². The van der Waals surface area contributed by atoms with Crippen LogP contribution in [0.15, 0.2) is 12.4 Å². The fraction of sp³-hybridized carbons (Fsp3) is 0.875. The van der Waals surface area contributed by atoms with E-state index in [2.05, 4.69) is 69.1 Å². The van der Waals surface area contributed by atoms with Crippen LogP contribution in [0.4, 0.5) is 0 Å². The Morgan fingerprint density at radius 1 is 0.705 bits per heavy atom. The van der Waals surface area contributed by atoms with Crippen molar-refractivity contribution in [3.05, 3.63) is 23.8 Å². The van der Waals surface area contributed by atoms with Crippen molar-refractivity contribution in [2.45, 2.75) is 99.9 Å². The summed E-state index contributed by atoms with van der Waals surface area (Å²) in [6, 6.07) is 0.